The predicted molar refractivity (Wildman–Crippen MR) is 136 cm³/mol. The van der Waals surface area contributed by atoms with Gasteiger partial charge in [0.1, 0.15) is 18.4 Å². The van der Waals surface area contributed by atoms with Gasteiger partial charge in [-0.05, 0) is 31.5 Å². The highest BCUT2D eigenvalue weighted by atomic mass is 19.4. The van der Waals surface area contributed by atoms with Gasteiger partial charge < -0.3 is 25.3 Å². The number of alkyl halides is 3. The number of likely N-dealkylation sites (tertiary alicyclic amines) is 1. The molecule has 3 heterocycles. The SMILES string of the molecule is CO[C@@H]1CCN(CCOc2c([C@H]3[C@H](C(=O)Nc4ccnc(C(N)=O)c4)O[C@@](C)(C(F)(F)F)[C@H]3C)ccc(F)c2F)C1. The number of anilines is 1. The third-order valence-corrected chi connectivity index (χ3v) is 7.86. The Kier molecular flexibility index (Phi) is 8.85. The molecule has 2 amide bonds. The number of hydrogen-bond donors (Lipinski definition) is 2. The number of aromatic nitrogens is 1. The van der Waals surface area contributed by atoms with Gasteiger partial charge in [-0.2, -0.15) is 17.6 Å². The molecule has 0 saturated carbocycles. The van der Waals surface area contributed by atoms with Gasteiger partial charge in [0.25, 0.3) is 11.8 Å². The normalized spacial score (nSPS) is 26.7. The standard InChI is InChI=1S/C27H31F5N4O5/c1-14-20(17-4-5-18(28)21(29)22(17)40-11-10-36-9-7-16(13-36)39-3)23(41-26(14,2)27(30,31)32)25(38)35-15-6-8-34-19(12-15)24(33)37/h4-6,8,12,14,16,20,23H,7,9-11,13H2,1-3H3,(H2,33,37)(H,34,35,38)/t14-,16+,20-,23+,26+/m0/s1. The van der Waals surface area contributed by atoms with Gasteiger partial charge in [0.05, 0.1) is 6.10 Å². The number of nitrogens with one attached hydrogen (secondary N) is 1. The highest BCUT2D eigenvalue weighted by Crippen LogP contribution is 2.55. The van der Waals surface area contributed by atoms with Crippen molar-refractivity contribution in [3.63, 3.8) is 0 Å². The molecule has 1 aromatic heterocycles. The number of nitrogens with zero attached hydrogens (tertiary/aromatic N) is 2. The first kappa shape index (κ1) is 30.6. The van der Waals surface area contributed by atoms with Crippen LogP contribution in [-0.4, -0.2) is 79.0 Å². The number of pyridine rings is 1. The van der Waals surface area contributed by atoms with Crippen molar-refractivity contribution in [3.05, 3.63) is 53.4 Å². The molecule has 0 radical (unpaired) electrons. The second-order valence-electron chi connectivity index (χ2n) is 10.3. The number of halogens is 5. The average Bonchev–Trinajstić information content (AvgIpc) is 3.49. The second kappa shape index (κ2) is 11.9. The van der Waals surface area contributed by atoms with Gasteiger partial charge in [-0.1, -0.05) is 13.0 Å². The van der Waals surface area contributed by atoms with E-state index in [2.05, 4.69) is 10.3 Å². The topological polar surface area (TPSA) is 116 Å². The van der Waals surface area contributed by atoms with Gasteiger partial charge in [-0.3, -0.25) is 19.5 Å². The quantitative estimate of drug-likeness (QED) is 0.431. The van der Waals surface area contributed by atoms with E-state index in [0.29, 0.717) is 19.6 Å². The van der Waals surface area contributed by atoms with E-state index in [1.54, 1.807) is 7.11 Å². The Bertz CT molecular complexity index is 1300. The van der Waals surface area contributed by atoms with Crippen LogP contribution in [-0.2, 0) is 14.3 Å². The molecule has 1 aromatic carbocycles. The summed E-state index contributed by atoms with van der Waals surface area (Å²) in [5.74, 6) is -7.94. The van der Waals surface area contributed by atoms with E-state index in [9.17, 15) is 27.2 Å². The summed E-state index contributed by atoms with van der Waals surface area (Å²) in [5, 5.41) is 2.42. The van der Waals surface area contributed by atoms with Crippen LogP contribution < -0.4 is 15.8 Å². The molecule has 14 heteroatoms. The van der Waals surface area contributed by atoms with E-state index in [1.807, 2.05) is 4.90 Å². The summed E-state index contributed by atoms with van der Waals surface area (Å²) in [6, 6.07) is 4.33. The molecule has 2 saturated heterocycles. The lowest BCUT2D eigenvalue weighted by Gasteiger charge is -2.32. The lowest BCUT2D eigenvalue weighted by atomic mass is 9.77. The third kappa shape index (κ3) is 6.14. The van der Waals surface area contributed by atoms with E-state index in [0.717, 1.165) is 31.5 Å². The lowest BCUT2D eigenvalue weighted by Crippen LogP contribution is -2.47. The molecule has 0 unspecified atom stereocenters. The molecule has 2 aromatic rings. The first-order valence-electron chi connectivity index (χ1n) is 12.9. The Morgan fingerprint density at radius 3 is 2.63 bits per heavy atom. The number of carbonyl (C=O) groups excluding carboxylic acids is 2. The van der Waals surface area contributed by atoms with Gasteiger partial charge >= 0.3 is 6.18 Å². The Morgan fingerprint density at radius 2 is 2.00 bits per heavy atom. The van der Waals surface area contributed by atoms with Crippen molar-refractivity contribution in [2.24, 2.45) is 11.7 Å². The fourth-order valence-corrected chi connectivity index (χ4v) is 5.31. The molecule has 2 fully saturated rings. The van der Waals surface area contributed by atoms with Crippen LogP contribution in [0.3, 0.4) is 0 Å². The summed E-state index contributed by atoms with van der Waals surface area (Å²) in [6.45, 7) is 3.59. The monoisotopic (exact) mass is 586 g/mol. The maximum absolute atomic E-state index is 15.1. The Hall–Kier alpha value is -3.36. The van der Waals surface area contributed by atoms with Crippen molar-refractivity contribution in [1.29, 1.82) is 0 Å². The first-order chi connectivity index (χ1) is 19.3. The van der Waals surface area contributed by atoms with Crippen LogP contribution in [0.25, 0.3) is 0 Å². The van der Waals surface area contributed by atoms with Crippen molar-refractivity contribution in [2.45, 2.75) is 50.2 Å². The molecule has 41 heavy (non-hydrogen) atoms. The number of benzene rings is 1. The molecule has 2 aliphatic rings. The van der Waals surface area contributed by atoms with Crippen LogP contribution in [0.15, 0.2) is 30.5 Å². The molecule has 0 spiro atoms. The van der Waals surface area contributed by atoms with Gasteiger partial charge in [0.15, 0.2) is 17.2 Å². The van der Waals surface area contributed by atoms with E-state index < -0.39 is 58.9 Å². The molecular weight excluding hydrogens is 555 g/mol. The molecular formula is C27H31F5N4O5. The fourth-order valence-electron chi connectivity index (χ4n) is 5.31. The summed E-state index contributed by atoms with van der Waals surface area (Å²) < 4.78 is 88.7. The summed E-state index contributed by atoms with van der Waals surface area (Å²) in [6.07, 6.45) is -4.70. The summed E-state index contributed by atoms with van der Waals surface area (Å²) in [5.41, 5.74) is 2.09. The smallest absolute Gasteiger partial charge is 0.417 e. The predicted octanol–water partition coefficient (Wildman–Crippen LogP) is 3.64. The van der Waals surface area contributed by atoms with Crippen LogP contribution >= 0.6 is 0 Å². The van der Waals surface area contributed by atoms with E-state index >= 15 is 4.39 Å². The van der Waals surface area contributed by atoms with Crippen molar-refractivity contribution < 1.29 is 45.8 Å². The summed E-state index contributed by atoms with van der Waals surface area (Å²) in [4.78, 5) is 30.6. The van der Waals surface area contributed by atoms with Gasteiger partial charge in [-0.25, -0.2) is 4.39 Å². The van der Waals surface area contributed by atoms with Gasteiger partial charge in [-0.15, -0.1) is 0 Å². The molecule has 0 bridgehead atoms. The maximum atomic E-state index is 15.1. The number of carbonyl (C=O) groups is 2. The van der Waals surface area contributed by atoms with Crippen molar-refractivity contribution in [3.8, 4) is 5.75 Å². The molecule has 4 rings (SSSR count). The van der Waals surface area contributed by atoms with Crippen molar-refractivity contribution in [2.75, 3.05) is 38.7 Å². The van der Waals surface area contributed by atoms with Crippen LogP contribution in [0.1, 0.15) is 42.2 Å². The second-order valence-corrected chi connectivity index (χ2v) is 10.3. The number of nitrogens with two attached hydrogens (primary N) is 1. The minimum Gasteiger partial charge on any atom is -0.489 e. The van der Waals surface area contributed by atoms with Crippen LogP contribution in [0.5, 0.6) is 5.75 Å². The number of primary amides is 1. The molecule has 3 N–H and O–H groups in total. The molecule has 5 atom stereocenters. The number of rotatable bonds is 9. The zero-order valence-electron chi connectivity index (χ0n) is 22.6. The first-order valence-corrected chi connectivity index (χ1v) is 12.9. The molecule has 224 valence electrons. The van der Waals surface area contributed by atoms with Crippen LogP contribution in [0, 0.1) is 17.6 Å². The minimum absolute atomic E-state index is 0.0242. The van der Waals surface area contributed by atoms with Crippen LogP contribution in [0.2, 0.25) is 0 Å². The Balaban J connectivity index is 1.66. The maximum Gasteiger partial charge on any atom is 0.417 e. The third-order valence-electron chi connectivity index (χ3n) is 7.86. The zero-order valence-corrected chi connectivity index (χ0v) is 22.6. The Labute approximate surface area is 233 Å². The lowest BCUT2D eigenvalue weighted by molar-refractivity contribution is -0.272. The fraction of sp³-hybridized carbons (Fsp3) is 0.519. The molecule has 2 aliphatic heterocycles. The molecule has 9 nitrogen and oxygen atoms in total. The van der Waals surface area contributed by atoms with E-state index in [1.165, 1.54) is 19.2 Å². The van der Waals surface area contributed by atoms with Crippen molar-refractivity contribution >= 4 is 17.5 Å². The van der Waals surface area contributed by atoms with E-state index in [-0.39, 0.29) is 29.7 Å². The van der Waals surface area contributed by atoms with E-state index in [4.69, 9.17) is 19.9 Å². The minimum atomic E-state index is -4.91. The molecule has 0 aliphatic carbocycles. The summed E-state index contributed by atoms with van der Waals surface area (Å²) in [7, 11) is 1.59. The number of hydrogen-bond acceptors (Lipinski definition) is 7. The summed E-state index contributed by atoms with van der Waals surface area (Å²) >= 11 is 0. The highest BCUT2D eigenvalue weighted by Gasteiger charge is 2.66. The number of amides is 2. The van der Waals surface area contributed by atoms with Gasteiger partial charge in [0, 0.05) is 56.0 Å². The number of methoxy groups -OCH3 is 1. The largest absolute Gasteiger partial charge is 0.489 e. The van der Waals surface area contributed by atoms with Gasteiger partial charge in [0.2, 0.25) is 5.82 Å². The number of ether oxygens (including phenoxy) is 3. The average molecular weight is 587 g/mol. The van der Waals surface area contributed by atoms with Crippen molar-refractivity contribution in [1.82, 2.24) is 9.88 Å². The van der Waals surface area contributed by atoms with Crippen LogP contribution in [0.4, 0.5) is 27.6 Å². The Morgan fingerprint density at radius 1 is 1.27 bits per heavy atom. The highest BCUT2D eigenvalue weighted by molar-refractivity contribution is 5.97. The zero-order chi connectivity index (χ0) is 30.1.